The van der Waals surface area contributed by atoms with E-state index < -0.39 is 0 Å². The number of urea groups is 1. The first kappa shape index (κ1) is 20.4. The van der Waals surface area contributed by atoms with E-state index in [9.17, 15) is 4.79 Å². The first-order chi connectivity index (χ1) is 14.2. The fourth-order valence-corrected chi connectivity index (χ4v) is 2.78. The quantitative estimate of drug-likeness (QED) is 0.551. The maximum Gasteiger partial charge on any atom is 0.322 e. The minimum absolute atomic E-state index is 0.187. The molecule has 0 bridgehead atoms. The van der Waals surface area contributed by atoms with Crippen molar-refractivity contribution in [1.29, 1.82) is 0 Å². The van der Waals surface area contributed by atoms with Crippen molar-refractivity contribution in [1.82, 2.24) is 9.88 Å². The Hall–Kier alpha value is -3.38. The Kier molecular flexibility index (Phi) is 7.60. The maximum absolute atomic E-state index is 13.0. The molecule has 3 rings (SSSR count). The van der Waals surface area contributed by atoms with Crippen LogP contribution in [0, 0.1) is 0 Å². The number of rotatable bonds is 9. The van der Waals surface area contributed by atoms with Crippen LogP contribution in [0.4, 0.5) is 10.5 Å². The smallest absolute Gasteiger partial charge is 0.322 e. The molecule has 1 heterocycles. The van der Waals surface area contributed by atoms with Gasteiger partial charge in [-0.25, -0.2) is 9.78 Å². The third-order valence-corrected chi connectivity index (χ3v) is 4.24. The summed E-state index contributed by atoms with van der Waals surface area (Å²) in [5, 5.41) is 2.92. The number of ether oxygens (including phenoxy) is 2. The summed E-state index contributed by atoms with van der Waals surface area (Å²) in [7, 11) is 1.62. The predicted molar refractivity (Wildman–Crippen MR) is 113 cm³/mol. The van der Waals surface area contributed by atoms with Crippen molar-refractivity contribution in [2.45, 2.75) is 13.1 Å². The lowest BCUT2D eigenvalue weighted by atomic mass is 10.2. The number of carbonyl (C=O) groups is 1. The SMILES string of the molecule is COCCOc1ccc(NC(=O)N(Cc2ccccc2)Cc2ccccc2)cn1. The number of aromatic nitrogens is 1. The molecule has 0 atom stereocenters. The van der Waals surface area contributed by atoms with Crippen molar-refractivity contribution in [2.24, 2.45) is 0 Å². The molecule has 150 valence electrons. The molecule has 1 N–H and O–H groups in total. The average Bonchev–Trinajstić information content (AvgIpc) is 2.76. The zero-order valence-corrected chi connectivity index (χ0v) is 16.5. The van der Waals surface area contributed by atoms with Gasteiger partial charge in [-0.3, -0.25) is 0 Å². The van der Waals surface area contributed by atoms with E-state index in [1.807, 2.05) is 60.7 Å². The minimum Gasteiger partial charge on any atom is -0.475 e. The van der Waals surface area contributed by atoms with Gasteiger partial charge in [0.2, 0.25) is 5.88 Å². The van der Waals surface area contributed by atoms with E-state index in [0.29, 0.717) is 37.9 Å². The van der Waals surface area contributed by atoms with Crippen LogP contribution in [0.3, 0.4) is 0 Å². The van der Waals surface area contributed by atoms with Crippen LogP contribution in [-0.2, 0) is 17.8 Å². The van der Waals surface area contributed by atoms with Gasteiger partial charge in [0.15, 0.2) is 0 Å². The van der Waals surface area contributed by atoms with Crippen LogP contribution in [0.1, 0.15) is 11.1 Å². The Balaban J connectivity index is 1.67. The van der Waals surface area contributed by atoms with Crippen LogP contribution < -0.4 is 10.1 Å². The second-order valence-corrected chi connectivity index (χ2v) is 6.48. The van der Waals surface area contributed by atoms with E-state index in [-0.39, 0.29) is 6.03 Å². The van der Waals surface area contributed by atoms with Crippen LogP contribution in [0.2, 0.25) is 0 Å². The highest BCUT2D eigenvalue weighted by Gasteiger charge is 2.15. The molecule has 0 saturated heterocycles. The van der Waals surface area contributed by atoms with Gasteiger partial charge in [0, 0.05) is 26.3 Å². The highest BCUT2D eigenvalue weighted by molar-refractivity contribution is 5.89. The Bertz CT molecular complexity index is 829. The first-order valence-electron chi connectivity index (χ1n) is 9.46. The lowest BCUT2D eigenvalue weighted by molar-refractivity contribution is 0.144. The second-order valence-electron chi connectivity index (χ2n) is 6.48. The van der Waals surface area contributed by atoms with Crippen LogP contribution in [-0.4, -0.2) is 36.2 Å². The van der Waals surface area contributed by atoms with Gasteiger partial charge in [-0.1, -0.05) is 60.7 Å². The number of carbonyl (C=O) groups excluding carboxylic acids is 1. The zero-order chi connectivity index (χ0) is 20.3. The molecule has 0 fully saturated rings. The molecule has 0 aliphatic carbocycles. The number of amides is 2. The molecule has 0 saturated carbocycles. The highest BCUT2D eigenvalue weighted by atomic mass is 16.5. The van der Waals surface area contributed by atoms with Gasteiger partial charge in [-0.2, -0.15) is 0 Å². The molecule has 3 aromatic rings. The monoisotopic (exact) mass is 391 g/mol. The number of benzene rings is 2. The van der Waals surface area contributed by atoms with Gasteiger partial charge < -0.3 is 19.7 Å². The van der Waals surface area contributed by atoms with E-state index in [2.05, 4.69) is 10.3 Å². The third kappa shape index (κ3) is 6.62. The largest absolute Gasteiger partial charge is 0.475 e. The van der Waals surface area contributed by atoms with Gasteiger partial charge in [-0.15, -0.1) is 0 Å². The minimum atomic E-state index is -0.187. The maximum atomic E-state index is 13.0. The first-order valence-corrected chi connectivity index (χ1v) is 9.46. The molecule has 29 heavy (non-hydrogen) atoms. The van der Waals surface area contributed by atoms with Gasteiger partial charge in [0.05, 0.1) is 18.5 Å². The van der Waals surface area contributed by atoms with Crippen molar-refractivity contribution in [3.8, 4) is 5.88 Å². The molecular weight excluding hydrogens is 366 g/mol. The molecule has 2 aromatic carbocycles. The molecule has 1 aromatic heterocycles. The van der Waals surface area contributed by atoms with Crippen molar-refractivity contribution in [3.05, 3.63) is 90.1 Å². The third-order valence-electron chi connectivity index (χ3n) is 4.24. The summed E-state index contributed by atoms with van der Waals surface area (Å²) in [5.41, 5.74) is 2.75. The summed E-state index contributed by atoms with van der Waals surface area (Å²) in [4.78, 5) is 18.9. The van der Waals surface area contributed by atoms with Crippen LogP contribution in [0.15, 0.2) is 79.0 Å². The Morgan fingerprint density at radius 1 is 0.897 bits per heavy atom. The molecule has 0 radical (unpaired) electrons. The van der Waals surface area contributed by atoms with Crippen LogP contribution in [0.5, 0.6) is 5.88 Å². The Labute approximate surface area is 171 Å². The van der Waals surface area contributed by atoms with E-state index >= 15 is 0 Å². The van der Waals surface area contributed by atoms with E-state index in [1.165, 1.54) is 0 Å². The lowest BCUT2D eigenvalue weighted by Crippen LogP contribution is -2.34. The van der Waals surface area contributed by atoms with Gasteiger partial charge in [0.25, 0.3) is 0 Å². The summed E-state index contributed by atoms with van der Waals surface area (Å²) in [6, 6.07) is 23.2. The summed E-state index contributed by atoms with van der Waals surface area (Å²) in [6.45, 7) is 1.94. The van der Waals surface area contributed by atoms with Crippen molar-refractivity contribution < 1.29 is 14.3 Å². The fourth-order valence-electron chi connectivity index (χ4n) is 2.78. The normalized spacial score (nSPS) is 10.4. The summed E-state index contributed by atoms with van der Waals surface area (Å²) in [6.07, 6.45) is 1.59. The number of hydrogen-bond donors (Lipinski definition) is 1. The molecule has 0 aliphatic heterocycles. The van der Waals surface area contributed by atoms with Gasteiger partial charge in [-0.05, 0) is 17.2 Å². The topological polar surface area (TPSA) is 63.7 Å². The van der Waals surface area contributed by atoms with Gasteiger partial charge in [0.1, 0.15) is 6.61 Å². The molecule has 0 aliphatic rings. The lowest BCUT2D eigenvalue weighted by Gasteiger charge is -2.23. The molecule has 0 spiro atoms. The summed E-state index contributed by atoms with van der Waals surface area (Å²) >= 11 is 0. The predicted octanol–water partition coefficient (Wildman–Crippen LogP) is 4.34. The number of nitrogens with one attached hydrogen (secondary N) is 1. The number of methoxy groups -OCH3 is 1. The average molecular weight is 391 g/mol. The summed E-state index contributed by atoms with van der Waals surface area (Å²) < 4.78 is 10.4. The molecule has 6 heteroatoms. The van der Waals surface area contributed by atoms with Crippen molar-refractivity contribution >= 4 is 11.7 Å². The number of pyridine rings is 1. The summed E-state index contributed by atoms with van der Waals surface area (Å²) in [5.74, 6) is 0.491. The number of anilines is 1. The number of hydrogen-bond acceptors (Lipinski definition) is 4. The molecular formula is C23H25N3O3. The fraction of sp³-hybridized carbons (Fsp3) is 0.217. The highest BCUT2D eigenvalue weighted by Crippen LogP contribution is 2.15. The Morgan fingerprint density at radius 3 is 2.03 bits per heavy atom. The Morgan fingerprint density at radius 2 is 1.52 bits per heavy atom. The van der Waals surface area contributed by atoms with Crippen LogP contribution in [0.25, 0.3) is 0 Å². The second kappa shape index (κ2) is 10.8. The van der Waals surface area contributed by atoms with Crippen molar-refractivity contribution in [2.75, 3.05) is 25.6 Å². The van der Waals surface area contributed by atoms with Crippen molar-refractivity contribution in [3.63, 3.8) is 0 Å². The van der Waals surface area contributed by atoms with E-state index in [1.54, 1.807) is 30.3 Å². The van der Waals surface area contributed by atoms with E-state index in [0.717, 1.165) is 11.1 Å². The van der Waals surface area contributed by atoms with Gasteiger partial charge >= 0.3 is 6.03 Å². The molecule has 0 unspecified atom stereocenters. The van der Waals surface area contributed by atoms with E-state index in [4.69, 9.17) is 9.47 Å². The van der Waals surface area contributed by atoms with Crippen LogP contribution >= 0.6 is 0 Å². The zero-order valence-electron chi connectivity index (χ0n) is 16.5. The molecule has 6 nitrogen and oxygen atoms in total. The standard InChI is InChI=1S/C23H25N3O3/c1-28-14-15-29-22-13-12-21(16-24-22)25-23(27)26(17-19-8-4-2-5-9-19)18-20-10-6-3-7-11-20/h2-13,16H,14-15,17-18H2,1H3,(H,25,27). The number of nitrogens with zero attached hydrogens (tertiary/aromatic N) is 2. The molecule has 2 amide bonds.